The van der Waals surface area contributed by atoms with Gasteiger partial charge >= 0.3 is 0 Å². The molecule has 1 atom stereocenters. The lowest BCUT2D eigenvalue weighted by Gasteiger charge is -2.28. The van der Waals surface area contributed by atoms with E-state index < -0.39 is 0 Å². The molecule has 1 saturated heterocycles. The van der Waals surface area contributed by atoms with Crippen molar-refractivity contribution >= 4 is 24.0 Å². The molecule has 1 aliphatic carbocycles. The molecule has 1 aromatic heterocycles. The van der Waals surface area contributed by atoms with Gasteiger partial charge in [0.05, 0.1) is 0 Å². The number of halogens is 2. The van der Waals surface area contributed by atoms with Crippen LogP contribution < -0.4 is 5.32 Å². The molecule has 1 spiro atoms. The lowest BCUT2D eigenvalue weighted by molar-refractivity contribution is 0.312. The van der Waals surface area contributed by atoms with E-state index in [9.17, 15) is 0 Å². The van der Waals surface area contributed by atoms with Gasteiger partial charge in [0.2, 0.25) is 0 Å². The summed E-state index contributed by atoms with van der Waals surface area (Å²) in [7, 11) is 0. The molecular formula is C10H12Cl2N2. The van der Waals surface area contributed by atoms with Crippen molar-refractivity contribution in [2.24, 2.45) is 5.41 Å². The third-order valence-corrected chi connectivity index (χ3v) is 3.52. The molecule has 1 aromatic rings. The van der Waals surface area contributed by atoms with Crippen LogP contribution in [0.15, 0.2) is 18.3 Å². The molecule has 14 heavy (non-hydrogen) atoms. The molecule has 2 fully saturated rings. The summed E-state index contributed by atoms with van der Waals surface area (Å²) in [6.07, 6.45) is 3.24. The van der Waals surface area contributed by atoms with Gasteiger partial charge in [-0.2, -0.15) is 0 Å². The van der Waals surface area contributed by atoms with Gasteiger partial charge in [-0.15, -0.1) is 12.4 Å². The van der Waals surface area contributed by atoms with Crippen molar-refractivity contribution < 1.29 is 0 Å². The maximum atomic E-state index is 5.73. The van der Waals surface area contributed by atoms with Crippen LogP contribution in [-0.4, -0.2) is 18.1 Å². The highest BCUT2D eigenvalue weighted by atomic mass is 35.5. The summed E-state index contributed by atoms with van der Waals surface area (Å²) in [5, 5.41) is 3.92. The van der Waals surface area contributed by atoms with Crippen molar-refractivity contribution in [3.63, 3.8) is 0 Å². The molecule has 2 nitrogen and oxygen atoms in total. The average molecular weight is 231 g/mol. The number of pyridine rings is 1. The van der Waals surface area contributed by atoms with Gasteiger partial charge < -0.3 is 5.32 Å². The third kappa shape index (κ3) is 1.42. The highest BCUT2D eigenvalue weighted by Gasteiger charge is 2.58. The zero-order chi connectivity index (χ0) is 8.89. The van der Waals surface area contributed by atoms with E-state index in [1.54, 1.807) is 0 Å². The Balaban J connectivity index is 0.000000750. The molecule has 1 saturated carbocycles. The van der Waals surface area contributed by atoms with E-state index in [0.717, 1.165) is 5.92 Å². The lowest BCUT2D eigenvalue weighted by Crippen LogP contribution is -2.44. The van der Waals surface area contributed by atoms with Gasteiger partial charge in [-0.25, -0.2) is 4.98 Å². The predicted octanol–water partition coefficient (Wildman–Crippen LogP) is 2.23. The number of nitrogens with one attached hydrogen (secondary N) is 1. The first-order valence-corrected chi connectivity index (χ1v) is 5.00. The van der Waals surface area contributed by atoms with Crippen molar-refractivity contribution in [2.75, 3.05) is 13.1 Å². The van der Waals surface area contributed by atoms with Crippen LogP contribution in [0.4, 0.5) is 0 Å². The smallest absolute Gasteiger partial charge is 0.129 e. The van der Waals surface area contributed by atoms with Crippen LogP contribution in [0.1, 0.15) is 17.9 Å². The van der Waals surface area contributed by atoms with E-state index in [1.165, 1.54) is 25.1 Å². The first-order valence-electron chi connectivity index (χ1n) is 4.62. The molecule has 1 unspecified atom stereocenters. The summed E-state index contributed by atoms with van der Waals surface area (Å²) in [5.41, 5.74) is 1.95. The van der Waals surface area contributed by atoms with Gasteiger partial charge in [0.25, 0.3) is 0 Å². The van der Waals surface area contributed by atoms with Crippen LogP contribution in [0.3, 0.4) is 0 Å². The van der Waals surface area contributed by atoms with Crippen molar-refractivity contribution in [3.8, 4) is 0 Å². The van der Waals surface area contributed by atoms with E-state index in [1.807, 2.05) is 12.3 Å². The summed E-state index contributed by atoms with van der Waals surface area (Å²) in [4.78, 5) is 4.11. The Morgan fingerprint density at radius 2 is 2.21 bits per heavy atom. The SMILES string of the molecule is Cl.Clc1ccc(C2CC23CNC3)cn1. The Kier molecular flexibility index (Phi) is 2.46. The normalized spacial score (nSPS) is 26.5. The second kappa shape index (κ2) is 3.37. The van der Waals surface area contributed by atoms with Crippen LogP contribution in [-0.2, 0) is 0 Å². The fraction of sp³-hybridized carbons (Fsp3) is 0.500. The molecule has 1 N–H and O–H groups in total. The standard InChI is InChI=1S/C10H11ClN2.ClH/c11-9-2-1-7(4-13-9)8-3-10(8)5-12-6-10;/h1-2,4,8,12H,3,5-6H2;1H. The topological polar surface area (TPSA) is 24.9 Å². The molecule has 3 rings (SSSR count). The first kappa shape index (κ1) is 10.2. The second-order valence-corrected chi connectivity index (χ2v) is 4.52. The minimum Gasteiger partial charge on any atom is -0.315 e. The fourth-order valence-corrected chi connectivity index (χ4v) is 2.36. The summed E-state index contributed by atoms with van der Waals surface area (Å²) in [5.74, 6) is 0.735. The van der Waals surface area contributed by atoms with E-state index in [4.69, 9.17) is 11.6 Å². The maximum absolute atomic E-state index is 5.73. The van der Waals surface area contributed by atoms with Gasteiger partial charge in [0.1, 0.15) is 5.15 Å². The van der Waals surface area contributed by atoms with Gasteiger partial charge in [-0.05, 0) is 24.0 Å². The second-order valence-electron chi connectivity index (χ2n) is 4.14. The van der Waals surface area contributed by atoms with Crippen LogP contribution >= 0.6 is 24.0 Å². The van der Waals surface area contributed by atoms with Crippen molar-refractivity contribution in [2.45, 2.75) is 12.3 Å². The Bertz CT molecular complexity index is 332. The quantitative estimate of drug-likeness (QED) is 0.749. The molecule has 4 heteroatoms. The first-order chi connectivity index (χ1) is 6.30. The van der Waals surface area contributed by atoms with Crippen molar-refractivity contribution in [1.29, 1.82) is 0 Å². The Morgan fingerprint density at radius 3 is 2.64 bits per heavy atom. The molecule has 2 aliphatic rings. The maximum Gasteiger partial charge on any atom is 0.129 e. The molecule has 0 bridgehead atoms. The molecule has 0 amide bonds. The minimum atomic E-state index is 0. The number of nitrogens with zero attached hydrogens (tertiary/aromatic N) is 1. The Labute approximate surface area is 94.5 Å². The van der Waals surface area contributed by atoms with Gasteiger partial charge in [-0.3, -0.25) is 0 Å². The number of hydrogen-bond acceptors (Lipinski definition) is 2. The molecule has 2 heterocycles. The van der Waals surface area contributed by atoms with E-state index in [-0.39, 0.29) is 12.4 Å². The molecule has 76 valence electrons. The summed E-state index contributed by atoms with van der Waals surface area (Å²) in [6, 6.07) is 3.99. The molecule has 0 radical (unpaired) electrons. The Hall–Kier alpha value is -0.310. The van der Waals surface area contributed by atoms with Crippen molar-refractivity contribution in [3.05, 3.63) is 29.0 Å². The zero-order valence-corrected chi connectivity index (χ0v) is 9.24. The Morgan fingerprint density at radius 1 is 1.43 bits per heavy atom. The minimum absolute atomic E-state index is 0. The fourth-order valence-electron chi connectivity index (χ4n) is 2.25. The van der Waals surface area contributed by atoms with Crippen LogP contribution in [0.5, 0.6) is 0 Å². The van der Waals surface area contributed by atoms with E-state index >= 15 is 0 Å². The molecule has 1 aliphatic heterocycles. The molecular weight excluding hydrogens is 219 g/mol. The van der Waals surface area contributed by atoms with Gasteiger partial charge in [-0.1, -0.05) is 17.7 Å². The highest BCUT2D eigenvalue weighted by molar-refractivity contribution is 6.29. The van der Waals surface area contributed by atoms with E-state index in [0.29, 0.717) is 10.6 Å². The van der Waals surface area contributed by atoms with Gasteiger partial charge in [0, 0.05) is 24.7 Å². The highest BCUT2D eigenvalue weighted by Crippen LogP contribution is 2.61. The lowest BCUT2D eigenvalue weighted by atomic mass is 9.94. The number of rotatable bonds is 1. The summed E-state index contributed by atoms with van der Waals surface area (Å²) in [6.45, 7) is 2.36. The zero-order valence-electron chi connectivity index (χ0n) is 7.66. The largest absolute Gasteiger partial charge is 0.315 e. The monoisotopic (exact) mass is 230 g/mol. The third-order valence-electron chi connectivity index (χ3n) is 3.30. The molecule has 0 aromatic carbocycles. The number of hydrogen-bond donors (Lipinski definition) is 1. The van der Waals surface area contributed by atoms with E-state index in [2.05, 4.69) is 16.4 Å². The van der Waals surface area contributed by atoms with Crippen LogP contribution in [0, 0.1) is 5.41 Å². The average Bonchev–Trinajstić information content (AvgIpc) is 2.80. The van der Waals surface area contributed by atoms with Gasteiger partial charge in [0.15, 0.2) is 0 Å². The summed E-state index contributed by atoms with van der Waals surface area (Å²) >= 11 is 5.73. The van der Waals surface area contributed by atoms with Crippen molar-refractivity contribution in [1.82, 2.24) is 10.3 Å². The summed E-state index contributed by atoms with van der Waals surface area (Å²) < 4.78 is 0. The number of aromatic nitrogens is 1. The van der Waals surface area contributed by atoms with Crippen LogP contribution in [0.25, 0.3) is 0 Å². The predicted molar refractivity (Wildman–Crippen MR) is 59.2 cm³/mol. The van der Waals surface area contributed by atoms with Crippen LogP contribution in [0.2, 0.25) is 5.15 Å².